The van der Waals surface area contributed by atoms with Crippen LogP contribution in [-0.2, 0) is 10.0 Å². The Hall–Kier alpha value is -1.60. The highest BCUT2D eigenvalue weighted by Crippen LogP contribution is 2.26. The zero-order chi connectivity index (χ0) is 18.1. The van der Waals surface area contributed by atoms with E-state index in [2.05, 4.69) is 5.32 Å². The van der Waals surface area contributed by atoms with Gasteiger partial charge in [0, 0.05) is 24.7 Å². The Labute approximate surface area is 151 Å². The van der Waals surface area contributed by atoms with Gasteiger partial charge in [0.1, 0.15) is 0 Å². The molecule has 1 amide bonds. The molecule has 0 atom stereocenters. The second kappa shape index (κ2) is 7.11. The molecule has 2 aromatic carbocycles. The summed E-state index contributed by atoms with van der Waals surface area (Å²) < 4.78 is 25.6. The first-order chi connectivity index (χ1) is 11.1. The average Bonchev–Trinajstić information content (AvgIpc) is 2.50. The first-order valence-corrected chi connectivity index (χ1v) is 9.12. The highest BCUT2D eigenvalue weighted by molar-refractivity contribution is 7.89. The third kappa shape index (κ3) is 3.89. The number of anilines is 1. The standard InChI is InChI=1S/C16H16Cl2N2O3S/c1-10-4-6-12(24(22,23)20(2)3)9-13(10)16(21)19-15-8-11(17)5-7-14(15)18/h4-9H,1-3H3,(H,19,21). The fraction of sp³-hybridized carbons (Fsp3) is 0.188. The molecule has 0 radical (unpaired) electrons. The van der Waals surface area contributed by atoms with E-state index < -0.39 is 15.9 Å². The maximum Gasteiger partial charge on any atom is 0.256 e. The molecule has 0 heterocycles. The lowest BCUT2D eigenvalue weighted by Crippen LogP contribution is -2.23. The molecule has 0 fully saturated rings. The normalized spacial score (nSPS) is 11.6. The highest BCUT2D eigenvalue weighted by Gasteiger charge is 2.20. The van der Waals surface area contributed by atoms with Crippen molar-refractivity contribution in [1.29, 1.82) is 0 Å². The van der Waals surface area contributed by atoms with Crippen molar-refractivity contribution in [2.75, 3.05) is 19.4 Å². The summed E-state index contributed by atoms with van der Waals surface area (Å²) in [4.78, 5) is 12.6. The fourth-order valence-electron chi connectivity index (χ4n) is 2.00. The molecule has 0 aromatic heterocycles. The molecule has 0 unspecified atom stereocenters. The van der Waals surface area contributed by atoms with Gasteiger partial charge in [0.2, 0.25) is 10.0 Å². The van der Waals surface area contributed by atoms with Crippen LogP contribution in [0, 0.1) is 6.92 Å². The van der Waals surface area contributed by atoms with E-state index in [1.54, 1.807) is 25.1 Å². The summed E-state index contributed by atoms with van der Waals surface area (Å²) in [5.74, 6) is -0.465. The Balaban J connectivity index is 2.41. The second-order valence-corrected chi connectivity index (χ2v) is 8.34. The number of benzene rings is 2. The zero-order valence-electron chi connectivity index (χ0n) is 13.3. The lowest BCUT2D eigenvalue weighted by Gasteiger charge is -2.14. The molecule has 0 aliphatic rings. The van der Waals surface area contributed by atoms with Crippen LogP contribution in [0.15, 0.2) is 41.3 Å². The van der Waals surface area contributed by atoms with Crippen molar-refractivity contribution < 1.29 is 13.2 Å². The maximum absolute atomic E-state index is 12.5. The topological polar surface area (TPSA) is 66.5 Å². The van der Waals surface area contributed by atoms with Crippen LogP contribution in [0.3, 0.4) is 0 Å². The Morgan fingerprint density at radius 3 is 2.38 bits per heavy atom. The molecule has 2 rings (SSSR count). The van der Waals surface area contributed by atoms with E-state index in [1.165, 1.54) is 32.3 Å². The molecule has 128 valence electrons. The Bertz CT molecular complexity index is 896. The Kier molecular flexibility index (Phi) is 5.55. The summed E-state index contributed by atoms with van der Waals surface area (Å²) in [5, 5.41) is 3.41. The van der Waals surface area contributed by atoms with Gasteiger partial charge in [0.25, 0.3) is 5.91 Å². The number of rotatable bonds is 4. The van der Waals surface area contributed by atoms with Gasteiger partial charge in [0.05, 0.1) is 15.6 Å². The first-order valence-electron chi connectivity index (χ1n) is 6.92. The molecule has 0 saturated carbocycles. The minimum absolute atomic E-state index is 0.0421. The van der Waals surface area contributed by atoms with Crippen LogP contribution in [0.5, 0.6) is 0 Å². The van der Waals surface area contributed by atoms with Crippen LogP contribution >= 0.6 is 23.2 Å². The third-order valence-electron chi connectivity index (χ3n) is 3.41. The molecule has 0 saturated heterocycles. The number of carbonyl (C=O) groups is 1. The van der Waals surface area contributed by atoms with E-state index in [1.807, 2.05) is 0 Å². The van der Waals surface area contributed by atoms with E-state index in [9.17, 15) is 13.2 Å². The number of carbonyl (C=O) groups excluding carboxylic acids is 1. The van der Waals surface area contributed by atoms with E-state index >= 15 is 0 Å². The summed E-state index contributed by atoms with van der Waals surface area (Å²) in [6.45, 7) is 1.72. The van der Waals surface area contributed by atoms with E-state index in [0.29, 0.717) is 21.3 Å². The number of nitrogens with one attached hydrogen (secondary N) is 1. The Morgan fingerprint density at radius 2 is 1.75 bits per heavy atom. The van der Waals surface area contributed by atoms with Crippen molar-refractivity contribution in [3.8, 4) is 0 Å². The monoisotopic (exact) mass is 386 g/mol. The fourth-order valence-corrected chi connectivity index (χ4v) is 3.27. The zero-order valence-corrected chi connectivity index (χ0v) is 15.6. The van der Waals surface area contributed by atoms with Gasteiger partial charge in [-0.2, -0.15) is 0 Å². The predicted molar refractivity (Wildman–Crippen MR) is 96.5 cm³/mol. The third-order valence-corrected chi connectivity index (χ3v) is 5.78. The van der Waals surface area contributed by atoms with Gasteiger partial charge in [-0.25, -0.2) is 12.7 Å². The lowest BCUT2D eigenvalue weighted by molar-refractivity contribution is 0.102. The number of halogens is 2. The van der Waals surface area contributed by atoms with Crippen LogP contribution in [-0.4, -0.2) is 32.7 Å². The number of sulfonamides is 1. The minimum Gasteiger partial charge on any atom is -0.321 e. The van der Waals surface area contributed by atoms with Gasteiger partial charge in [-0.1, -0.05) is 29.3 Å². The van der Waals surface area contributed by atoms with Gasteiger partial charge < -0.3 is 5.32 Å². The largest absolute Gasteiger partial charge is 0.321 e. The maximum atomic E-state index is 12.5. The second-order valence-electron chi connectivity index (χ2n) is 5.34. The van der Waals surface area contributed by atoms with E-state index in [-0.39, 0.29) is 10.5 Å². The molecule has 0 aliphatic heterocycles. The van der Waals surface area contributed by atoms with Crippen molar-refractivity contribution >= 4 is 44.8 Å². The van der Waals surface area contributed by atoms with Crippen LogP contribution in [0.25, 0.3) is 0 Å². The van der Waals surface area contributed by atoms with Crippen molar-refractivity contribution in [2.24, 2.45) is 0 Å². The number of aryl methyl sites for hydroxylation is 1. The van der Waals surface area contributed by atoms with Gasteiger partial charge in [0.15, 0.2) is 0 Å². The quantitative estimate of drug-likeness (QED) is 0.868. The number of amides is 1. The van der Waals surface area contributed by atoms with E-state index in [0.717, 1.165) is 4.31 Å². The minimum atomic E-state index is -3.63. The number of hydrogen-bond donors (Lipinski definition) is 1. The van der Waals surface area contributed by atoms with Crippen molar-refractivity contribution in [3.05, 3.63) is 57.6 Å². The SMILES string of the molecule is Cc1ccc(S(=O)(=O)N(C)C)cc1C(=O)Nc1cc(Cl)ccc1Cl. The molecule has 0 bridgehead atoms. The van der Waals surface area contributed by atoms with Crippen LogP contribution in [0.4, 0.5) is 5.69 Å². The van der Waals surface area contributed by atoms with Gasteiger partial charge in [-0.15, -0.1) is 0 Å². The van der Waals surface area contributed by atoms with Gasteiger partial charge in [-0.05, 0) is 42.8 Å². The molecular formula is C16H16Cl2N2O3S. The van der Waals surface area contributed by atoms with Crippen LogP contribution < -0.4 is 5.32 Å². The molecule has 0 spiro atoms. The summed E-state index contributed by atoms with van der Waals surface area (Å²) in [6, 6.07) is 9.10. The smallest absolute Gasteiger partial charge is 0.256 e. The van der Waals surface area contributed by atoms with Crippen molar-refractivity contribution in [3.63, 3.8) is 0 Å². The van der Waals surface area contributed by atoms with Crippen LogP contribution in [0.2, 0.25) is 10.0 Å². The van der Waals surface area contributed by atoms with Crippen molar-refractivity contribution in [1.82, 2.24) is 4.31 Å². The lowest BCUT2D eigenvalue weighted by atomic mass is 10.1. The number of hydrogen-bond acceptors (Lipinski definition) is 3. The molecule has 8 heteroatoms. The summed E-state index contributed by atoms with van der Waals surface area (Å²) >= 11 is 11.9. The number of nitrogens with zero attached hydrogens (tertiary/aromatic N) is 1. The summed E-state index contributed by atoms with van der Waals surface area (Å²) in [5.41, 5.74) is 1.24. The Morgan fingerprint density at radius 1 is 1.08 bits per heavy atom. The highest BCUT2D eigenvalue weighted by atomic mass is 35.5. The molecule has 2 aromatic rings. The summed E-state index contributed by atoms with van der Waals surface area (Å²) in [6.07, 6.45) is 0. The summed E-state index contributed by atoms with van der Waals surface area (Å²) in [7, 11) is -0.769. The first kappa shape index (κ1) is 18.7. The molecule has 0 aliphatic carbocycles. The van der Waals surface area contributed by atoms with Crippen LogP contribution in [0.1, 0.15) is 15.9 Å². The van der Waals surface area contributed by atoms with Gasteiger partial charge >= 0.3 is 0 Å². The van der Waals surface area contributed by atoms with Crippen molar-refractivity contribution in [2.45, 2.75) is 11.8 Å². The molecule has 1 N–H and O–H groups in total. The molecule has 5 nitrogen and oxygen atoms in total. The van der Waals surface area contributed by atoms with E-state index in [4.69, 9.17) is 23.2 Å². The van der Waals surface area contributed by atoms with Gasteiger partial charge in [-0.3, -0.25) is 4.79 Å². The predicted octanol–water partition coefficient (Wildman–Crippen LogP) is 3.80. The average molecular weight is 387 g/mol. The molecular weight excluding hydrogens is 371 g/mol. The molecule has 24 heavy (non-hydrogen) atoms.